The van der Waals surface area contributed by atoms with Crippen molar-refractivity contribution >= 4 is 13.2 Å². The van der Waals surface area contributed by atoms with E-state index >= 15 is 0 Å². The summed E-state index contributed by atoms with van der Waals surface area (Å²) in [7, 11) is -1.16. The largest absolute Gasteiger partial charge is 0.525 e. The van der Waals surface area contributed by atoms with Crippen LogP contribution >= 0.6 is 0 Å². The number of rotatable bonds is 2. The van der Waals surface area contributed by atoms with Gasteiger partial charge in [0.1, 0.15) is 5.73 Å². The van der Waals surface area contributed by atoms with E-state index in [9.17, 15) is 17.6 Å². The third-order valence-corrected chi connectivity index (χ3v) is 4.02. The Balaban J connectivity index is 2.17. The summed E-state index contributed by atoms with van der Waals surface area (Å²) in [5.41, 5.74) is -2.51. The van der Waals surface area contributed by atoms with Crippen LogP contribution in [0.4, 0.5) is 17.6 Å². The zero-order valence-electron chi connectivity index (χ0n) is 12.8. The first-order chi connectivity index (χ1) is 9.92. The van der Waals surface area contributed by atoms with Crippen LogP contribution in [-0.2, 0) is 15.5 Å². The molecule has 0 amide bonds. The molecule has 0 unspecified atom stereocenters. The normalized spacial score (nSPS) is 21.3. The van der Waals surface area contributed by atoms with E-state index in [-0.39, 0.29) is 0 Å². The molecule has 0 aromatic heterocycles. The average Bonchev–Trinajstić information content (AvgIpc) is 2.58. The van der Waals surface area contributed by atoms with Gasteiger partial charge < -0.3 is 9.31 Å². The van der Waals surface area contributed by atoms with E-state index in [4.69, 9.17) is 9.31 Å². The van der Waals surface area contributed by atoms with Crippen molar-refractivity contribution in [2.45, 2.75) is 45.1 Å². The molecular weight excluding hydrogens is 299 g/mol. The first-order valence-corrected chi connectivity index (χ1v) is 6.82. The van der Waals surface area contributed by atoms with Crippen LogP contribution in [0.3, 0.4) is 0 Å². The lowest BCUT2D eigenvalue weighted by atomic mass is 9.87. The van der Waals surface area contributed by atoms with Gasteiger partial charge in [-0.2, -0.15) is 13.2 Å². The highest BCUT2D eigenvalue weighted by Gasteiger charge is 2.53. The summed E-state index contributed by atoms with van der Waals surface area (Å²) in [6, 6.07) is 4.22. The molecule has 0 saturated carbocycles. The van der Waals surface area contributed by atoms with Crippen molar-refractivity contribution in [1.82, 2.24) is 0 Å². The van der Waals surface area contributed by atoms with E-state index in [1.165, 1.54) is 12.1 Å². The SMILES string of the molecule is CC1(C)OB(C(F)=Cc2ccc(C(F)(F)F)cc2)OC1(C)C. The van der Waals surface area contributed by atoms with Crippen LogP contribution < -0.4 is 0 Å². The lowest BCUT2D eigenvalue weighted by Crippen LogP contribution is -2.41. The molecule has 7 heteroatoms. The highest BCUT2D eigenvalue weighted by Crippen LogP contribution is 2.39. The first kappa shape index (κ1) is 17.0. The molecule has 0 bridgehead atoms. The lowest BCUT2D eigenvalue weighted by Gasteiger charge is -2.32. The Bertz CT molecular complexity index is 560. The monoisotopic (exact) mass is 316 g/mol. The molecule has 0 aliphatic carbocycles. The standard InChI is InChI=1S/C15H17BF4O2/c1-13(2)14(3,4)22-16(21-13)12(17)9-10-5-7-11(8-6-10)15(18,19)20/h5-9H,1-4H3. The van der Waals surface area contributed by atoms with Gasteiger partial charge in [0.2, 0.25) is 0 Å². The number of halogens is 4. The van der Waals surface area contributed by atoms with Gasteiger partial charge in [0.25, 0.3) is 0 Å². The fourth-order valence-electron chi connectivity index (χ4n) is 1.95. The predicted molar refractivity (Wildman–Crippen MR) is 76.6 cm³/mol. The van der Waals surface area contributed by atoms with Gasteiger partial charge >= 0.3 is 13.3 Å². The Morgan fingerprint density at radius 3 is 1.86 bits per heavy atom. The molecule has 1 saturated heterocycles. The lowest BCUT2D eigenvalue weighted by molar-refractivity contribution is -0.137. The molecule has 2 nitrogen and oxygen atoms in total. The van der Waals surface area contributed by atoms with Crippen molar-refractivity contribution < 1.29 is 26.9 Å². The summed E-state index contributed by atoms with van der Waals surface area (Å²) in [5.74, 6) is 0. The Hall–Kier alpha value is -1.34. The number of alkyl halides is 3. The van der Waals surface area contributed by atoms with Gasteiger partial charge in [-0.3, -0.25) is 0 Å². The van der Waals surface area contributed by atoms with Crippen molar-refractivity contribution in [3.63, 3.8) is 0 Å². The summed E-state index contributed by atoms with van der Waals surface area (Å²) in [6.07, 6.45) is -3.30. The van der Waals surface area contributed by atoms with E-state index in [0.717, 1.165) is 18.2 Å². The van der Waals surface area contributed by atoms with Crippen molar-refractivity contribution in [3.05, 3.63) is 41.1 Å². The van der Waals surface area contributed by atoms with Crippen molar-refractivity contribution in [1.29, 1.82) is 0 Å². The Labute approximate surface area is 127 Å². The summed E-state index contributed by atoms with van der Waals surface area (Å²) >= 11 is 0. The minimum atomic E-state index is -4.41. The van der Waals surface area contributed by atoms with Crippen molar-refractivity contribution in [2.24, 2.45) is 0 Å². The van der Waals surface area contributed by atoms with E-state index < -0.39 is 35.8 Å². The van der Waals surface area contributed by atoms with Crippen LogP contribution in [0.1, 0.15) is 38.8 Å². The van der Waals surface area contributed by atoms with Gasteiger partial charge in [-0.15, -0.1) is 0 Å². The summed E-state index contributed by atoms with van der Waals surface area (Å²) in [4.78, 5) is 0. The fourth-order valence-corrected chi connectivity index (χ4v) is 1.95. The maximum Gasteiger partial charge on any atom is 0.525 e. The molecule has 0 atom stereocenters. The van der Waals surface area contributed by atoms with E-state index in [0.29, 0.717) is 5.56 Å². The zero-order chi connectivity index (χ0) is 16.8. The molecule has 0 spiro atoms. The molecule has 1 fully saturated rings. The van der Waals surface area contributed by atoms with Crippen LogP contribution in [0.2, 0.25) is 0 Å². The molecule has 1 aliphatic rings. The van der Waals surface area contributed by atoms with Crippen molar-refractivity contribution in [3.8, 4) is 0 Å². The van der Waals surface area contributed by atoms with Gasteiger partial charge in [-0.1, -0.05) is 12.1 Å². The summed E-state index contributed by atoms with van der Waals surface area (Å²) in [6.45, 7) is 7.16. The number of hydrogen-bond acceptors (Lipinski definition) is 2. The minimum absolute atomic E-state index is 0.306. The molecule has 2 rings (SSSR count). The van der Waals surface area contributed by atoms with Crippen LogP contribution in [0, 0.1) is 0 Å². The van der Waals surface area contributed by atoms with E-state index in [1.54, 1.807) is 27.7 Å². The molecule has 1 aliphatic heterocycles. The summed E-state index contributed by atoms with van der Waals surface area (Å²) < 4.78 is 62.7. The smallest absolute Gasteiger partial charge is 0.398 e. The molecule has 22 heavy (non-hydrogen) atoms. The van der Waals surface area contributed by atoms with Crippen LogP contribution in [0.25, 0.3) is 6.08 Å². The third-order valence-electron chi connectivity index (χ3n) is 4.02. The second-order valence-electron chi connectivity index (χ2n) is 6.24. The fraction of sp³-hybridized carbons (Fsp3) is 0.467. The Morgan fingerprint density at radius 1 is 1.00 bits per heavy atom. The average molecular weight is 316 g/mol. The van der Waals surface area contributed by atoms with E-state index in [2.05, 4.69) is 0 Å². The van der Waals surface area contributed by atoms with Gasteiger partial charge in [-0.05, 0) is 51.5 Å². The highest BCUT2D eigenvalue weighted by atomic mass is 19.4. The van der Waals surface area contributed by atoms with Crippen molar-refractivity contribution in [2.75, 3.05) is 0 Å². The molecule has 1 heterocycles. The molecule has 1 aromatic rings. The maximum atomic E-state index is 14.2. The third kappa shape index (κ3) is 3.36. The maximum absolute atomic E-state index is 14.2. The van der Waals surface area contributed by atoms with E-state index in [1.807, 2.05) is 0 Å². The second kappa shape index (κ2) is 5.39. The quantitative estimate of drug-likeness (QED) is 0.584. The van der Waals surface area contributed by atoms with Gasteiger partial charge in [0.15, 0.2) is 0 Å². The zero-order valence-corrected chi connectivity index (χ0v) is 12.8. The van der Waals surface area contributed by atoms with Crippen LogP contribution in [0.5, 0.6) is 0 Å². The number of benzene rings is 1. The van der Waals surface area contributed by atoms with Gasteiger partial charge in [0, 0.05) is 0 Å². The summed E-state index contributed by atoms with van der Waals surface area (Å²) in [5, 5.41) is 0. The van der Waals surface area contributed by atoms with Gasteiger partial charge in [0.05, 0.1) is 16.8 Å². The Morgan fingerprint density at radius 2 is 1.45 bits per heavy atom. The first-order valence-electron chi connectivity index (χ1n) is 6.82. The predicted octanol–water partition coefficient (Wildman–Crippen LogP) is 4.65. The molecular formula is C15H17BF4O2. The minimum Gasteiger partial charge on any atom is -0.398 e. The molecule has 0 N–H and O–H groups in total. The topological polar surface area (TPSA) is 18.5 Å². The van der Waals surface area contributed by atoms with Crippen LogP contribution in [-0.4, -0.2) is 18.3 Å². The van der Waals surface area contributed by atoms with Crippen LogP contribution in [0.15, 0.2) is 30.0 Å². The Kier molecular flexibility index (Phi) is 4.17. The second-order valence-corrected chi connectivity index (χ2v) is 6.24. The molecule has 1 aromatic carbocycles. The highest BCUT2D eigenvalue weighted by molar-refractivity contribution is 6.54. The number of hydrogen-bond donors (Lipinski definition) is 0. The molecule has 0 radical (unpaired) electrons. The van der Waals surface area contributed by atoms with Gasteiger partial charge in [-0.25, -0.2) is 4.39 Å². The molecule has 120 valence electrons.